The van der Waals surface area contributed by atoms with E-state index in [1.54, 1.807) is 0 Å². The highest BCUT2D eigenvalue weighted by Crippen LogP contribution is 2.17. The molecular formula is C7H16N2O2. The van der Waals surface area contributed by atoms with Crippen molar-refractivity contribution in [2.24, 2.45) is 11.5 Å². The molecule has 0 amide bonds. The highest BCUT2D eigenvalue weighted by molar-refractivity contribution is 4.85. The van der Waals surface area contributed by atoms with Crippen molar-refractivity contribution >= 4 is 0 Å². The standard InChI is InChI=1S/C7H16N2O2/c1-4-5(9)2-6(10)7(3-8)11-4/h4-7,10H,2-3,8-9H2,1H3/t4-,5-,6+,7-/m1/s1. The van der Waals surface area contributed by atoms with Crippen molar-refractivity contribution in [3.63, 3.8) is 0 Å². The van der Waals surface area contributed by atoms with Gasteiger partial charge in [-0.25, -0.2) is 0 Å². The van der Waals surface area contributed by atoms with Gasteiger partial charge in [-0.3, -0.25) is 0 Å². The summed E-state index contributed by atoms with van der Waals surface area (Å²) >= 11 is 0. The minimum absolute atomic E-state index is 0.00644. The van der Waals surface area contributed by atoms with Crippen molar-refractivity contribution in [2.45, 2.75) is 37.7 Å². The lowest BCUT2D eigenvalue weighted by Gasteiger charge is -2.35. The highest BCUT2D eigenvalue weighted by atomic mass is 16.5. The van der Waals surface area contributed by atoms with Crippen molar-refractivity contribution < 1.29 is 9.84 Å². The Hall–Kier alpha value is -0.160. The Morgan fingerprint density at radius 1 is 1.64 bits per heavy atom. The van der Waals surface area contributed by atoms with Crippen LogP contribution in [0.4, 0.5) is 0 Å². The Balaban J connectivity index is 2.48. The molecule has 0 saturated carbocycles. The lowest BCUT2D eigenvalue weighted by atomic mass is 9.98. The monoisotopic (exact) mass is 160 g/mol. The topological polar surface area (TPSA) is 81.5 Å². The van der Waals surface area contributed by atoms with Gasteiger partial charge in [0.2, 0.25) is 0 Å². The Labute approximate surface area is 66.5 Å². The Kier molecular flexibility index (Phi) is 2.84. The third-order valence-corrected chi connectivity index (χ3v) is 2.17. The summed E-state index contributed by atoms with van der Waals surface area (Å²) in [5.74, 6) is 0. The van der Waals surface area contributed by atoms with Crippen LogP contribution in [0.15, 0.2) is 0 Å². The minimum Gasteiger partial charge on any atom is -0.390 e. The lowest BCUT2D eigenvalue weighted by Crippen LogP contribution is -2.52. The summed E-state index contributed by atoms with van der Waals surface area (Å²) in [7, 11) is 0. The van der Waals surface area contributed by atoms with Crippen LogP contribution in [0, 0.1) is 0 Å². The Morgan fingerprint density at radius 2 is 2.27 bits per heavy atom. The highest BCUT2D eigenvalue weighted by Gasteiger charge is 2.31. The molecule has 0 aromatic heterocycles. The van der Waals surface area contributed by atoms with Crippen LogP contribution in [-0.2, 0) is 4.74 Å². The third kappa shape index (κ3) is 1.90. The van der Waals surface area contributed by atoms with E-state index in [-0.39, 0.29) is 18.2 Å². The number of ether oxygens (including phenoxy) is 1. The number of aliphatic hydroxyl groups is 1. The van der Waals surface area contributed by atoms with Crippen LogP contribution in [0.2, 0.25) is 0 Å². The van der Waals surface area contributed by atoms with E-state index in [0.717, 1.165) is 0 Å². The molecule has 1 aliphatic rings. The van der Waals surface area contributed by atoms with E-state index in [0.29, 0.717) is 13.0 Å². The first kappa shape index (κ1) is 8.93. The quantitative estimate of drug-likeness (QED) is 0.450. The number of hydrogen-bond acceptors (Lipinski definition) is 4. The van der Waals surface area contributed by atoms with Crippen LogP contribution in [0.5, 0.6) is 0 Å². The van der Waals surface area contributed by atoms with Gasteiger partial charge in [0.25, 0.3) is 0 Å². The maximum atomic E-state index is 9.37. The summed E-state index contributed by atoms with van der Waals surface area (Å²) in [4.78, 5) is 0. The molecule has 0 spiro atoms. The molecule has 11 heavy (non-hydrogen) atoms. The molecule has 1 heterocycles. The summed E-state index contributed by atoms with van der Waals surface area (Å²) < 4.78 is 5.36. The molecule has 4 atom stereocenters. The molecule has 0 aromatic rings. The molecule has 1 aliphatic heterocycles. The van der Waals surface area contributed by atoms with Crippen LogP contribution in [0.25, 0.3) is 0 Å². The van der Waals surface area contributed by atoms with E-state index in [1.165, 1.54) is 0 Å². The molecule has 0 bridgehead atoms. The summed E-state index contributed by atoms with van der Waals surface area (Å²) in [5, 5.41) is 9.37. The molecule has 1 saturated heterocycles. The van der Waals surface area contributed by atoms with Gasteiger partial charge in [0.05, 0.1) is 18.3 Å². The van der Waals surface area contributed by atoms with Gasteiger partial charge < -0.3 is 21.3 Å². The zero-order valence-corrected chi connectivity index (χ0v) is 6.73. The van der Waals surface area contributed by atoms with Gasteiger partial charge >= 0.3 is 0 Å². The van der Waals surface area contributed by atoms with Crippen molar-refractivity contribution in [3.8, 4) is 0 Å². The van der Waals surface area contributed by atoms with E-state index in [9.17, 15) is 5.11 Å². The van der Waals surface area contributed by atoms with Crippen LogP contribution < -0.4 is 11.5 Å². The fourth-order valence-corrected chi connectivity index (χ4v) is 1.30. The molecule has 5 N–H and O–H groups in total. The molecule has 4 nitrogen and oxygen atoms in total. The smallest absolute Gasteiger partial charge is 0.0960 e. The number of nitrogens with two attached hydrogens (primary N) is 2. The average molecular weight is 160 g/mol. The molecule has 0 aromatic carbocycles. The molecular weight excluding hydrogens is 144 g/mol. The normalized spacial score (nSPS) is 45.8. The predicted octanol–water partition coefficient (Wildman–Crippen LogP) is -1.19. The van der Waals surface area contributed by atoms with Crippen LogP contribution in [-0.4, -0.2) is 36.0 Å². The largest absolute Gasteiger partial charge is 0.390 e. The average Bonchev–Trinajstić information content (AvgIpc) is 1.97. The summed E-state index contributed by atoms with van der Waals surface area (Å²) in [6.07, 6.45) is -0.133. The van der Waals surface area contributed by atoms with E-state index < -0.39 is 6.10 Å². The molecule has 1 rings (SSSR count). The van der Waals surface area contributed by atoms with E-state index in [2.05, 4.69) is 0 Å². The zero-order valence-electron chi connectivity index (χ0n) is 6.73. The molecule has 1 fully saturated rings. The minimum atomic E-state index is -0.494. The van der Waals surface area contributed by atoms with Crippen LogP contribution >= 0.6 is 0 Å². The van der Waals surface area contributed by atoms with Gasteiger partial charge in [0.15, 0.2) is 0 Å². The second kappa shape index (κ2) is 3.49. The summed E-state index contributed by atoms with van der Waals surface area (Å²) in [5.41, 5.74) is 11.0. The molecule has 0 radical (unpaired) electrons. The third-order valence-electron chi connectivity index (χ3n) is 2.17. The van der Waals surface area contributed by atoms with Crippen LogP contribution in [0.1, 0.15) is 13.3 Å². The lowest BCUT2D eigenvalue weighted by molar-refractivity contribution is -0.114. The van der Waals surface area contributed by atoms with Crippen molar-refractivity contribution in [1.82, 2.24) is 0 Å². The second-order valence-electron chi connectivity index (χ2n) is 3.08. The first-order chi connectivity index (χ1) is 5.15. The molecule has 66 valence electrons. The molecule has 4 heteroatoms. The van der Waals surface area contributed by atoms with Gasteiger partial charge in [-0.05, 0) is 13.3 Å². The number of aliphatic hydroxyl groups excluding tert-OH is 1. The fourth-order valence-electron chi connectivity index (χ4n) is 1.30. The van der Waals surface area contributed by atoms with Gasteiger partial charge in [0.1, 0.15) is 0 Å². The summed E-state index contributed by atoms with van der Waals surface area (Å²) in [6.45, 7) is 2.26. The predicted molar refractivity (Wildman–Crippen MR) is 42.0 cm³/mol. The Morgan fingerprint density at radius 3 is 2.82 bits per heavy atom. The van der Waals surface area contributed by atoms with Gasteiger partial charge in [-0.1, -0.05) is 0 Å². The maximum Gasteiger partial charge on any atom is 0.0960 e. The van der Waals surface area contributed by atoms with Crippen molar-refractivity contribution in [1.29, 1.82) is 0 Å². The first-order valence-corrected chi connectivity index (χ1v) is 3.94. The Bertz CT molecular complexity index is 132. The van der Waals surface area contributed by atoms with Crippen molar-refractivity contribution in [3.05, 3.63) is 0 Å². The van der Waals surface area contributed by atoms with Crippen molar-refractivity contribution in [2.75, 3.05) is 6.54 Å². The van der Waals surface area contributed by atoms with E-state index >= 15 is 0 Å². The maximum absolute atomic E-state index is 9.37. The van der Waals surface area contributed by atoms with E-state index in [4.69, 9.17) is 16.2 Å². The van der Waals surface area contributed by atoms with Gasteiger partial charge in [-0.2, -0.15) is 0 Å². The molecule has 0 aliphatic carbocycles. The SMILES string of the molecule is C[C@H]1O[C@H](CN)[C@@H](O)C[C@H]1N. The fraction of sp³-hybridized carbons (Fsp3) is 1.00. The summed E-state index contributed by atoms with van der Waals surface area (Å²) in [6, 6.07) is -0.0622. The van der Waals surface area contributed by atoms with Gasteiger partial charge in [0, 0.05) is 12.6 Å². The second-order valence-corrected chi connectivity index (χ2v) is 3.08. The number of hydrogen-bond donors (Lipinski definition) is 3. The number of rotatable bonds is 1. The first-order valence-electron chi connectivity index (χ1n) is 3.94. The molecule has 0 unspecified atom stereocenters. The van der Waals surface area contributed by atoms with Crippen LogP contribution in [0.3, 0.4) is 0 Å². The zero-order chi connectivity index (χ0) is 8.43. The van der Waals surface area contributed by atoms with E-state index in [1.807, 2.05) is 6.92 Å². The van der Waals surface area contributed by atoms with Gasteiger partial charge in [-0.15, -0.1) is 0 Å².